The summed E-state index contributed by atoms with van der Waals surface area (Å²) in [7, 11) is 0. The first kappa shape index (κ1) is 14.3. The van der Waals surface area contributed by atoms with Crippen molar-refractivity contribution in [3.05, 3.63) is 46.3 Å². The van der Waals surface area contributed by atoms with Gasteiger partial charge in [-0.1, -0.05) is 17.7 Å². The van der Waals surface area contributed by atoms with Crippen molar-refractivity contribution in [1.29, 1.82) is 0 Å². The highest BCUT2D eigenvalue weighted by atomic mass is 16.1. The Balaban J connectivity index is 2.20. The van der Waals surface area contributed by atoms with Crippen LogP contribution in [0.5, 0.6) is 0 Å². The molecule has 0 radical (unpaired) electrons. The molecule has 0 aliphatic rings. The van der Waals surface area contributed by atoms with Crippen LogP contribution in [0.4, 0.5) is 5.69 Å². The Morgan fingerprint density at radius 3 is 2.50 bits per heavy atom. The maximum absolute atomic E-state index is 12.4. The Morgan fingerprint density at radius 2 is 1.95 bits per heavy atom. The molecule has 2 rings (SSSR count). The number of aryl methyl sites for hydroxylation is 4. The molecular formula is C16H21N3O. The van der Waals surface area contributed by atoms with Gasteiger partial charge in [-0.25, -0.2) is 0 Å². The molecular weight excluding hydrogens is 250 g/mol. The van der Waals surface area contributed by atoms with Gasteiger partial charge in [0.25, 0.3) is 0 Å². The Bertz CT molecular complexity index is 624. The zero-order valence-electron chi connectivity index (χ0n) is 12.7. The van der Waals surface area contributed by atoms with Gasteiger partial charge in [-0.05, 0) is 46.2 Å². The normalized spacial score (nSPS) is 12.2. The number of nitrogens with zero attached hydrogens (tertiary/aromatic N) is 1. The van der Waals surface area contributed by atoms with Crippen molar-refractivity contribution in [3.8, 4) is 0 Å². The summed E-state index contributed by atoms with van der Waals surface area (Å²) in [6, 6.07) is 6.01. The predicted molar refractivity (Wildman–Crippen MR) is 81.0 cm³/mol. The first-order valence-electron chi connectivity index (χ1n) is 6.79. The molecule has 0 saturated carbocycles. The van der Waals surface area contributed by atoms with E-state index in [1.54, 1.807) is 0 Å². The largest absolute Gasteiger partial charge is 0.325 e. The summed E-state index contributed by atoms with van der Waals surface area (Å²) in [6.07, 6.45) is 0. The molecule has 1 atom stereocenters. The second-order valence-electron chi connectivity index (χ2n) is 5.38. The fourth-order valence-corrected chi connectivity index (χ4v) is 2.52. The molecule has 0 aliphatic carbocycles. The van der Waals surface area contributed by atoms with Gasteiger partial charge < -0.3 is 5.32 Å². The van der Waals surface area contributed by atoms with Crippen LogP contribution < -0.4 is 5.32 Å². The smallest absolute Gasteiger partial charge is 0.231 e. The fraction of sp³-hybridized carbons (Fsp3) is 0.375. The zero-order valence-corrected chi connectivity index (χ0v) is 12.7. The van der Waals surface area contributed by atoms with E-state index in [4.69, 9.17) is 0 Å². The lowest BCUT2D eigenvalue weighted by atomic mass is 9.98. The van der Waals surface area contributed by atoms with Crippen LogP contribution in [0.2, 0.25) is 0 Å². The third-order valence-corrected chi connectivity index (χ3v) is 3.65. The number of nitrogens with one attached hydrogen (secondary N) is 2. The van der Waals surface area contributed by atoms with Gasteiger partial charge in [0.1, 0.15) is 0 Å². The highest BCUT2D eigenvalue weighted by molar-refractivity contribution is 5.96. The number of H-pyrrole nitrogens is 1. The number of benzene rings is 1. The molecule has 1 unspecified atom stereocenters. The predicted octanol–water partition coefficient (Wildman–Crippen LogP) is 3.39. The third-order valence-electron chi connectivity index (χ3n) is 3.65. The Morgan fingerprint density at radius 1 is 1.25 bits per heavy atom. The van der Waals surface area contributed by atoms with Crippen LogP contribution in [-0.4, -0.2) is 16.1 Å². The van der Waals surface area contributed by atoms with Crippen LogP contribution >= 0.6 is 0 Å². The zero-order chi connectivity index (χ0) is 14.9. The number of rotatable bonds is 3. The number of amides is 1. The highest BCUT2D eigenvalue weighted by Gasteiger charge is 2.21. The standard InChI is InChI=1S/C16H21N3O/c1-9-6-7-14(10(2)8-9)17-16(20)11(3)15-12(4)18-19-13(15)5/h6-8,11H,1-5H3,(H,17,20)(H,18,19). The molecule has 1 aromatic heterocycles. The van der Waals surface area contributed by atoms with Gasteiger partial charge in [0.05, 0.1) is 11.6 Å². The van der Waals surface area contributed by atoms with Crippen molar-refractivity contribution in [3.63, 3.8) is 0 Å². The molecule has 0 fully saturated rings. The lowest BCUT2D eigenvalue weighted by Gasteiger charge is -2.14. The van der Waals surface area contributed by atoms with E-state index in [1.807, 2.05) is 46.8 Å². The Labute approximate surface area is 119 Å². The summed E-state index contributed by atoms with van der Waals surface area (Å²) >= 11 is 0. The molecule has 106 valence electrons. The molecule has 2 aromatic rings. The van der Waals surface area contributed by atoms with Gasteiger partial charge in [0.15, 0.2) is 0 Å². The van der Waals surface area contributed by atoms with E-state index in [9.17, 15) is 4.79 Å². The van der Waals surface area contributed by atoms with Gasteiger partial charge in [-0.15, -0.1) is 0 Å². The fourth-order valence-electron chi connectivity index (χ4n) is 2.52. The first-order chi connectivity index (χ1) is 9.40. The molecule has 1 aromatic carbocycles. The maximum Gasteiger partial charge on any atom is 0.231 e. The van der Waals surface area contributed by atoms with Crippen molar-refractivity contribution < 1.29 is 4.79 Å². The van der Waals surface area contributed by atoms with Crippen molar-refractivity contribution in [2.75, 3.05) is 5.32 Å². The number of aromatic nitrogens is 2. The van der Waals surface area contributed by atoms with Crippen LogP contribution in [0.1, 0.15) is 40.9 Å². The SMILES string of the molecule is Cc1ccc(NC(=O)C(C)c2c(C)n[nH]c2C)c(C)c1. The maximum atomic E-state index is 12.4. The minimum atomic E-state index is -0.227. The molecule has 1 heterocycles. The van der Waals surface area contributed by atoms with Gasteiger partial charge in [0, 0.05) is 16.9 Å². The van der Waals surface area contributed by atoms with E-state index < -0.39 is 0 Å². The number of hydrogen-bond acceptors (Lipinski definition) is 2. The summed E-state index contributed by atoms with van der Waals surface area (Å²) < 4.78 is 0. The average molecular weight is 271 g/mol. The molecule has 0 saturated heterocycles. The monoisotopic (exact) mass is 271 g/mol. The van der Waals surface area contributed by atoms with Crippen molar-refractivity contribution >= 4 is 11.6 Å². The molecule has 2 N–H and O–H groups in total. The molecule has 20 heavy (non-hydrogen) atoms. The molecule has 1 amide bonds. The molecule has 0 spiro atoms. The summed E-state index contributed by atoms with van der Waals surface area (Å²) in [4.78, 5) is 12.4. The molecule has 0 bridgehead atoms. The molecule has 0 aliphatic heterocycles. The number of carbonyl (C=O) groups excluding carboxylic acids is 1. The number of hydrogen-bond donors (Lipinski definition) is 2. The number of anilines is 1. The molecule has 4 nitrogen and oxygen atoms in total. The van der Waals surface area contributed by atoms with Gasteiger partial charge in [-0.3, -0.25) is 9.89 Å². The Hall–Kier alpha value is -2.10. The van der Waals surface area contributed by atoms with Crippen LogP contribution in [0.25, 0.3) is 0 Å². The van der Waals surface area contributed by atoms with Crippen LogP contribution in [0.3, 0.4) is 0 Å². The number of carbonyl (C=O) groups is 1. The lowest BCUT2D eigenvalue weighted by molar-refractivity contribution is -0.117. The van der Waals surface area contributed by atoms with E-state index in [-0.39, 0.29) is 11.8 Å². The van der Waals surface area contributed by atoms with Gasteiger partial charge >= 0.3 is 0 Å². The summed E-state index contributed by atoms with van der Waals surface area (Å²) in [5.41, 5.74) is 5.94. The minimum Gasteiger partial charge on any atom is -0.325 e. The van der Waals surface area contributed by atoms with Crippen LogP contribution in [-0.2, 0) is 4.79 Å². The summed E-state index contributed by atoms with van der Waals surface area (Å²) in [6.45, 7) is 9.81. The summed E-state index contributed by atoms with van der Waals surface area (Å²) in [5.74, 6) is -0.237. The minimum absolute atomic E-state index is 0.00967. The van der Waals surface area contributed by atoms with Gasteiger partial charge in [-0.2, -0.15) is 5.10 Å². The molecule has 4 heteroatoms. The lowest BCUT2D eigenvalue weighted by Crippen LogP contribution is -2.20. The topological polar surface area (TPSA) is 57.8 Å². The first-order valence-corrected chi connectivity index (χ1v) is 6.79. The van der Waals surface area contributed by atoms with E-state index in [2.05, 4.69) is 21.6 Å². The van der Waals surface area contributed by atoms with Crippen LogP contribution in [0, 0.1) is 27.7 Å². The van der Waals surface area contributed by atoms with Crippen molar-refractivity contribution in [1.82, 2.24) is 10.2 Å². The van der Waals surface area contributed by atoms with Gasteiger partial charge in [0.2, 0.25) is 5.91 Å². The second kappa shape index (κ2) is 5.49. The van der Waals surface area contributed by atoms with Crippen molar-refractivity contribution in [2.45, 2.75) is 40.5 Å². The second-order valence-corrected chi connectivity index (χ2v) is 5.38. The van der Waals surface area contributed by atoms with E-state index in [0.29, 0.717) is 0 Å². The van der Waals surface area contributed by atoms with E-state index in [0.717, 1.165) is 28.2 Å². The quantitative estimate of drug-likeness (QED) is 0.899. The van der Waals surface area contributed by atoms with Crippen LogP contribution in [0.15, 0.2) is 18.2 Å². The average Bonchev–Trinajstić information content (AvgIpc) is 2.71. The Kier molecular flexibility index (Phi) is 3.93. The van der Waals surface area contributed by atoms with E-state index in [1.165, 1.54) is 5.56 Å². The highest BCUT2D eigenvalue weighted by Crippen LogP contribution is 2.24. The number of aromatic amines is 1. The van der Waals surface area contributed by atoms with E-state index >= 15 is 0 Å². The third kappa shape index (κ3) is 2.74. The summed E-state index contributed by atoms with van der Waals surface area (Å²) in [5, 5.41) is 10.1. The van der Waals surface area contributed by atoms with Crippen molar-refractivity contribution in [2.24, 2.45) is 0 Å².